The number of hydrogen-bond donors (Lipinski definition) is 2. The molecule has 1 aromatic heterocycles. The monoisotopic (exact) mass is 258 g/mol. The molecule has 1 heterocycles. The third-order valence-electron chi connectivity index (χ3n) is 2.62. The van der Waals surface area contributed by atoms with Gasteiger partial charge in [-0.15, -0.1) is 0 Å². The van der Waals surface area contributed by atoms with Crippen LogP contribution in [-0.2, 0) is 6.54 Å². The Balaban J connectivity index is 2.08. The number of benzene rings is 1. The number of carbonyl (C=O) groups excluding carboxylic acids is 2. The first-order chi connectivity index (χ1) is 9.10. The van der Waals surface area contributed by atoms with E-state index >= 15 is 0 Å². The number of nitrogens with two attached hydrogens (primary N) is 1. The molecule has 0 aliphatic heterocycles. The molecule has 2 rings (SSSR count). The van der Waals surface area contributed by atoms with Crippen LogP contribution in [0.2, 0.25) is 0 Å². The molecule has 0 saturated heterocycles. The van der Waals surface area contributed by atoms with E-state index in [1.165, 1.54) is 0 Å². The van der Waals surface area contributed by atoms with Crippen LogP contribution in [0.4, 0.5) is 5.69 Å². The number of rotatable bonds is 4. The molecule has 0 spiro atoms. The SMILES string of the molecule is CCn1ccc(C(=O)Nc2ccc(C(N)=O)cc2)n1. The van der Waals surface area contributed by atoms with Crippen LogP contribution in [0.1, 0.15) is 27.8 Å². The third kappa shape index (κ3) is 2.98. The summed E-state index contributed by atoms with van der Waals surface area (Å²) in [6.07, 6.45) is 1.74. The first kappa shape index (κ1) is 12.8. The summed E-state index contributed by atoms with van der Waals surface area (Å²) in [6.45, 7) is 2.65. The first-order valence-corrected chi connectivity index (χ1v) is 5.85. The molecule has 19 heavy (non-hydrogen) atoms. The fraction of sp³-hybridized carbons (Fsp3) is 0.154. The molecule has 2 amide bonds. The lowest BCUT2D eigenvalue weighted by Gasteiger charge is -2.03. The molecule has 2 aromatic rings. The van der Waals surface area contributed by atoms with Crippen molar-refractivity contribution in [3.05, 3.63) is 47.8 Å². The van der Waals surface area contributed by atoms with E-state index in [1.54, 1.807) is 41.2 Å². The fourth-order valence-electron chi connectivity index (χ4n) is 1.57. The van der Waals surface area contributed by atoms with Gasteiger partial charge in [0, 0.05) is 24.0 Å². The maximum absolute atomic E-state index is 11.9. The van der Waals surface area contributed by atoms with Gasteiger partial charge in [0.05, 0.1) is 0 Å². The van der Waals surface area contributed by atoms with Gasteiger partial charge in [-0.25, -0.2) is 0 Å². The van der Waals surface area contributed by atoms with Gasteiger partial charge in [0.25, 0.3) is 5.91 Å². The molecular weight excluding hydrogens is 244 g/mol. The van der Waals surface area contributed by atoms with Crippen molar-refractivity contribution >= 4 is 17.5 Å². The molecule has 0 saturated carbocycles. The molecule has 6 heteroatoms. The minimum absolute atomic E-state index is 0.293. The number of nitrogens with one attached hydrogen (secondary N) is 1. The van der Waals surface area contributed by atoms with Crippen LogP contribution in [0, 0.1) is 0 Å². The number of primary amides is 1. The molecule has 0 fully saturated rings. The zero-order chi connectivity index (χ0) is 13.8. The molecular formula is C13H14N4O2. The average Bonchev–Trinajstić information content (AvgIpc) is 2.88. The van der Waals surface area contributed by atoms with Gasteiger partial charge in [-0.05, 0) is 37.3 Å². The van der Waals surface area contributed by atoms with E-state index in [0.29, 0.717) is 23.5 Å². The van der Waals surface area contributed by atoms with Crippen molar-refractivity contribution in [3.8, 4) is 0 Å². The fourth-order valence-corrected chi connectivity index (χ4v) is 1.57. The Labute approximate surface area is 110 Å². The molecule has 0 atom stereocenters. The Hall–Kier alpha value is -2.63. The second-order valence-corrected chi connectivity index (χ2v) is 3.95. The number of carbonyl (C=O) groups is 2. The molecule has 3 N–H and O–H groups in total. The second kappa shape index (κ2) is 5.34. The number of nitrogens with zero attached hydrogens (tertiary/aromatic N) is 2. The number of anilines is 1. The minimum atomic E-state index is -0.500. The maximum Gasteiger partial charge on any atom is 0.276 e. The quantitative estimate of drug-likeness (QED) is 0.864. The zero-order valence-electron chi connectivity index (χ0n) is 10.5. The Kier molecular flexibility index (Phi) is 3.61. The second-order valence-electron chi connectivity index (χ2n) is 3.95. The summed E-state index contributed by atoms with van der Waals surface area (Å²) in [5.74, 6) is -0.793. The van der Waals surface area contributed by atoms with Gasteiger partial charge in [0.2, 0.25) is 5.91 Å². The third-order valence-corrected chi connectivity index (χ3v) is 2.62. The summed E-state index contributed by atoms with van der Waals surface area (Å²) in [5.41, 5.74) is 6.46. The van der Waals surface area contributed by atoms with Crippen molar-refractivity contribution in [2.24, 2.45) is 5.73 Å². The van der Waals surface area contributed by atoms with Crippen LogP contribution >= 0.6 is 0 Å². The van der Waals surface area contributed by atoms with Crippen LogP contribution in [0.25, 0.3) is 0 Å². The van der Waals surface area contributed by atoms with E-state index in [9.17, 15) is 9.59 Å². The normalized spacial score (nSPS) is 10.2. The summed E-state index contributed by atoms with van der Waals surface area (Å²) in [6, 6.07) is 8.01. The molecule has 1 aromatic carbocycles. The molecule has 0 radical (unpaired) electrons. The molecule has 0 aliphatic carbocycles. The molecule has 6 nitrogen and oxygen atoms in total. The molecule has 0 unspecified atom stereocenters. The molecule has 98 valence electrons. The van der Waals surface area contributed by atoms with E-state index in [1.807, 2.05) is 6.92 Å². The predicted octanol–water partition coefficient (Wildman–Crippen LogP) is 1.25. The van der Waals surface area contributed by atoms with E-state index < -0.39 is 5.91 Å². The van der Waals surface area contributed by atoms with Crippen molar-refractivity contribution in [1.82, 2.24) is 9.78 Å². The van der Waals surface area contributed by atoms with Crippen LogP contribution in [0.3, 0.4) is 0 Å². The van der Waals surface area contributed by atoms with Gasteiger partial charge in [0.1, 0.15) is 0 Å². The van der Waals surface area contributed by atoms with Crippen molar-refractivity contribution in [3.63, 3.8) is 0 Å². The van der Waals surface area contributed by atoms with Crippen LogP contribution < -0.4 is 11.1 Å². The van der Waals surface area contributed by atoms with E-state index in [-0.39, 0.29) is 5.91 Å². The summed E-state index contributed by atoms with van der Waals surface area (Å²) < 4.78 is 1.67. The number of aryl methyl sites for hydroxylation is 1. The van der Waals surface area contributed by atoms with Crippen molar-refractivity contribution in [2.45, 2.75) is 13.5 Å². The standard InChI is InChI=1S/C13H14N4O2/c1-2-17-8-7-11(16-17)13(19)15-10-5-3-9(4-6-10)12(14)18/h3-8H,2H2,1H3,(H2,14,18)(H,15,19). The van der Waals surface area contributed by atoms with Gasteiger partial charge in [-0.2, -0.15) is 5.10 Å². The van der Waals surface area contributed by atoms with Gasteiger partial charge in [-0.1, -0.05) is 0 Å². The lowest BCUT2D eigenvalue weighted by atomic mass is 10.2. The lowest BCUT2D eigenvalue weighted by Crippen LogP contribution is -2.14. The Bertz CT molecular complexity index is 601. The van der Waals surface area contributed by atoms with Crippen LogP contribution in [0.15, 0.2) is 36.5 Å². The summed E-state index contributed by atoms with van der Waals surface area (Å²) in [7, 11) is 0. The Morgan fingerprint density at radius 1 is 1.26 bits per heavy atom. The van der Waals surface area contributed by atoms with Crippen molar-refractivity contribution in [1.29, 1.82) is 0 Å². The molecule has 0 aliphatic rings. The van der Waals surface area contributed by atoms with Crippen LogP contribution in [0.5, 0.6) is 0 Å². The highest BCUT2D eigenvalue weighted by molar-refractivity contribution is 6.03. The van der Waals surface area contributed by atoms with E-state index in [0.717, 1.165) is 0 Å². The number of hydrogen-bond acceptors (Lipinski definition) is 3. The topological polar surface area (TPSA) is 90.0 Å². The smallest absolute Gasteiger partial charge is 0.276 e. The highest BCUT2D eigenvalue weighted by Crippen LogP contribution is 2.10. The Morgan fingerprint density at radius 2 is 1.95 bits per heavy atom. The van der Waals surface area contributed by atoms with E-state index in [2.05, 4.69) is 10.4 Å². The van der Waals surface area contributed by atoms with Gasteiger partial charge in [-0.3, -0.25) is 14.3 Å². The van der Waals surface area contributed by atoms with Crippen molar-refractivity contribution < 1.29 is 9.59 Å². The van der Waals surface area contributed by atoms with Gasteiger partial charge >= 0.3 is 0 Å². The number of amides is 2. The van der Waals surface area contributed by atoms with Crippen molar-refractivity contribution in [2.75, 3.05) is 5.32 Å². The zero-order valence-corrected chi connectivity index (χ0v) is 10.5. The lowest BCUT2D eigenvalue weighted by molar-refractivity contribution is 0.0997. The minimum Gasteiger partial charge on any atom is -0.366 e. The average molecular weight is 258 g/mol. The summed E-state index contributed by atoms with van der Waals surface area (Å²) in [5, 5.41) is 6.80. The highest BCUT2D eigenvalue weighted by Gasteiger charge is 2.09. The van der Waals surface area contributed by atoms with Crippen LogP contribution in [-0.4, -0.2) is 21.6 Å². The summed E-state index contributed by atoms with van der Waals surface area (Å²) >= 11 is 0. The Morgan fingerprint density at radius 3 is 2.47 bits per heavy atom. The van der Waals surface area contributed by atoms with E-state index in [4.69, 9.17) is 5.73 Å². The molecule has 0 bridgehead atoms. The highest BCUT2D eigenvalue weighted by atomic mass is 16.2. The number of aromatic nitrogens is 2. The maximum atomic E-state index is 11.9. The van der Waals surface area contributed by atoms with Gasteiger partial charge in [0.15, 0.2) is 5.69 Å². The largest absolute Gasteiger partial charge is 0.366 e. The van der Waals surface area contributed by atoms with Gasteiger partial charge < -0.3 is 11.1 Å². The predicted molar refractivity (Wildman–Crippen MR) is 70.8 cm³/mol. The summed E-state index contributed by atoms with van der Waals surface area (Å²) in [4.78, 5) is 22.8. The first-order valence-electron chi connectivity index (χ1n) is 5.85.